The Morgan fingerprint density at radius 2 is 1.97 bits per heavy atom. The van der Waals surface area contributed by atoms with Crippen molar-refractivity contribution in [1.29, 1.82) is 0 Å². The van der Waals surface area contributed by atoms with Gasteiger partial charge in [-0.3, -0.25) is 9.59 Å². The molecule has 0 aliphatic carbocycles. The number of rotatable bonds is 9. The summed E-state index contributed by atoms with van der Waals surface area (Å²) in [7, 11) is 0. The highest BCUT2D eigenvalue weighted by Gasteiger charge is 2.40. The number of carbonyl (C=O) groups excluding carboxylic acids is 1. The van der Waals surface area contributed by atoms with E-state index in [9.17, 15) is 14.7 Å². The van der Waals surface area contributed by atoms with Crippen molar-refractivity contribution < 1.29 is 19.1 Å². The van der Waals surface area contributed by atoms with Crippen LogP contribution in [0.2, 0.25) is 0 Å². The third-order valence-electron chi connectivity index (χ3n) is 7.51. The molecule has 1 saturated heterocycles. The second-order valence-corrected chi connectivity index (χ2v) is 10.2. The van der Waals surface area contributed by atoms with Gasteiger partial charge in [-0.25, -0.2) is 13.9 Å². The van der Waals surface area contributed by atoms with Crippen molar-refractivity contribution in [2.75, 3.05) is 24.5 Å². The number of benzene rings is 1. The lowest BCUT2D eigenvalue weighted by atomic mass is 9.90. The average molecular weight is 510 g/mol. The highest BCUT2D eigenvalue weighted by molar-refractivity contribution is 5.93. The Morgan fingerprint density at radius 3 is 2.57 bits per heavy atom. The summed E-state index contributed by atoms with van der Waals surface area (Å²) in [6, 6.07) is 8.50. The van der Waals surface area contributed by atoms with Crippen LogP contribution in [-0.2, 0) is 11.2 Å². The second-order valence-electron chi connectivity index (χ2n) is 10.2. The number of amides is 1. The fourth-order valence-corrected chi connectivity index (χ4v) is 4.92. The van der Waals surface area contributed by atoms with Gasteiger partial charge in [0, 0.05) is 48.7 Å². The predicted molar refractivity (Wildman–Crippen MR) is 141 cm³/mol. The van der Waals surface area contributed by atoms with Crippen LogP contribution in [0.4, 0.5) is 10.1 Å². The molecule has 1 aliphatic rings. The molecule has 8 nitrogen and oxygen atoms in total. The molecule has 3 aromatic rings. The SMILES string of the molecule is CCCN(C(=O)c1cc(CC)n2nc(-c3ccc(N4CCC(C)(C(=O)O)C4)cc3F)cc2n1)[C@H](C)CC. The van der Waals surface area contributed by atoms with E-state index < -0.39 is 17.2 Å². The number of carbonyl (C=O) groups is 2. The first-order valence-corrected chi connectivity index (χ1v) is 13.1. The maximum atomic E-state index is 15.3. The number of hydrogen-bond acceptors (Lipinski definition) is 5. The van der Waals surface area contributed by atoms with E-state index in [0.29, 0.717) is 60.8 Å². The molecular weight excluding hydrogens is 473 g/mol. The van der Waals surface area contributed by atoms with E-state index in [1.807, 2.05) is 30.6 Å². The first-order valence-electron chi connectivity index (χ1n) is 13.1. The fraction of sp³-hybridized carbons (Fsp3) is 0.500. The van der Waals surface area contributed by atoms with E-state index in [4.69, 9.17) is 0 Å². The highest BCUT2D eigenvalue weighted by atomic mass is 19.1. The lowest BCUT2D eigenvalue weighted by Crippen LogP contribution is -2.39. The summed E-state index contributed by atoms with van der Waals surface area (Å²) in [6.07, 6.45) is 2.86. The quantitative estimate of drug-likeness (QED) is 0.434. The molecule has 37 heavy (non-hydrogen) atoms. The van der Waals surface area contributed by atoms with E-state index in [1.54, 1.807) is 35.7 Å². The van der Waals surface area contributed by atoms with E-state index >= 15 is 4.39 Å². The van der Waals surface area contributed by atoms with Crippen molar-refractivity contribution in [2.45, 2.75) is 66.3 Å². The zero-order valence-electron chi connectivity index (χ0n) is 22.3. The topological polar surface area (TPSA) is 91.0 Å². The minimum Gasteiger partial charge on any atom is -0.481 e. The molecule has 1 aliphatic heterocycles. The van der Waals surface area contributed by atoms with Crippen LogP contribution in [0, 0.1) is 11.2 Å². The van der Waals surface area contributed by atoms with Gasteiger partial charge in [0.1, 0.15) is 11.5 Å². The first-order chi connectivity index (χ1) is 17.6. The van der Waals surface area contributed by atoms with Crippen LogP contribution in [0.1, 0.15) is 70.1 Å². The van der Waals surface area contributed by atoms with Crippen molar-refractivity contribution in [1.82, 2.24) is 19.5 Å². The van der Waals surface area contributed by atoms with E-state index in [2.05, 4.69) is 17.0 Å². The fourth-order valence-electron chi connectivity index (χ4n) is 4.92. The van der Waals surface area contributed by atoms with Gasteiger partial charge in [-0.1, -0.05) is 20.8 Å². The van der Waals surface area contributed by atoms with Gasteiger partial charge in [0.15, 0.2) is 5.65 Å². The van der Waals surface area contributed by atoms with Crippen LogP contribution in [0.15, 0.2) is 30.3 Å². The Balaban J connectivity index is 1.67. The number of aromatic nitrogens is 3. The Kier molecular flexibility index (Phi) is 7.52. The Hall–Kier alpha value is -3.49. The van der Waals surface area contributed by atoms with Crippen LogP contribution in [0.25, 0.3) is 16.9 Å². The van der Waals surface area contributed by atoms with Gasteiger partial charge >= 0.3 is 5.97 Å². The second kappa shape index (κ2) is 10.5. The zero-order valence-corrected chi connectivity index (χ0v) is 22.3. The zero-order chi connectivity index (χ0) is 26.9. The highest BCUT2D eigenvalue weighted by Crippen LogP contribution is 2.35. The standard InChI is InChI=1S/C28H36FN5O3/c1-6-12-33(18(4)7-2)26(35)24-15-19(8-3)34-25(30-24)16-23(31-34)21-10-9-20(14-22(21)29)32-13-11-28(5,17-32)27(36)37/h9-10,14-16,18H,6-8,11-13,17H2,1-5H3,(H,36,37)/t18-,28?/m1/s1. The first kappa shape index (κ1) is 26.6. The summed E-state index contributed by atoms with van der Waals surface area (Å²) < 4.78 is 17.0. The van der Waals surface area contributed by atoms with Gasteiger partial charge in [-0.2, -0.15) is 5.10 Å². The van der Waals surface area contributed by atoms with E-state index in [-0.39, 0.29) is 11.9 Å². The molecule has 0 radical (unpaired) electrons. The Labute approximate surface area is 217 Å². The van der Waals surface area contributed by atoms with Gasteiger partial charge in [0.05, 0.1) is 11.1 Å². The van der Waals surface area contributed by atoms with Crippen molar-refractivity contribution >= 4 is 23.2 Å². The molecule has 198 valence electrons. The summed E-state index contributed by atoms with van der Waals surface area (Å²) >= 11 is 0. The third kappa shape index (κ3) is 5.04. The Bertz CT molecular complexity index is 1320. The summed E-state index contributed by atoms with van der Waals surface area (Å²) in [5, 5.41) is 14.1. The molecule has 0 bridgehead atoms. The molecule has 1 unspecified atom stereocenters. The number of carboxylic acid groups (broad SMARTS) is 1. The number of anilines is 1. The van der Waals surface area contributed by atoms with Gasteiger partial charge in [0.2, 0.25) is 0 Å². The number of hydrogen-bond donors (Lipinski definition) is 1. The minimum atomic E-state index is -0.838. The van der Waals surface area contributed by atoms with Crippen molar-refractivity contribution in [2.24, 2.45) is 5.41 Å². The van der Waals surface area contributed by atoms with Gasteiger partial charge in [-0.15, -0.1) is 0 Å². The maximum absolute atomic E-state index is 15.3. The number of halogens is 1. The molecule has 0 spiro atoms. The van der Waals surface area contributed by atoms with Crippen molar-refractivity contribution in [3.05, 3.63) is 47.5 Å². The molecule has 1 amide bonds. The van der Waals surface area contributed by atoms with Gasteiger partial charge in [0.25, 0.3) is 5.91 Å². The summed E-state index contributed by atoms with van der Waals surface area (Å²) in [6.45, 7) is 11.4. The van der Waals surface area contributed by atoms with Gasteiger partial charge < -0.3 is 14.9 Å². The molecule has 3 heterocycles. The number of nitrogens with zero attached hydrogens (tertiary/aromatic N) is 5. The van der Waals surface area contributed by atoms with Crippen molar-refractivity contribution in [3.63, 3.8) is 0 Å². The largest absolute Gasteiger partial charge is 0.481 e. The molecule has 9 heteroatoms. The number of carboxylic acids is 1. The molecule has 1 fully saturated rings. The smallest absolute Gasteiger partial charge is 0.311 e. The number of aliphatic carboxylic acids is 1. The molecule has 2 aromatic heterocycles. The predicted octanol–water partition coefficient (Wildman–Crippen LogP) is 5.05. The molecule has 4 rings (SSSR count). The number of fused-ring (bicyclic) bond motifs is 1. The van der Waals surface area contributed by atoms with Crippen molar-refractivity contribution in [3.8, 4) is 11.3 Å². The lowest BCUT2D eigenvalue weighted by molar-refractivity contribution is -0.146. The summed E-state index contributed by atoms with van der Waals surface area (Å²) in [4.78, 5) is 33.3. The van der Waals surface area contributed by atoms with Crippen LogP contribution in [0.5, 0.6) is 0 Å². The lowest BCUT2D eigenvalue weighted by Gasteiger charge is -2.28. The van der Waals surface area contributed by atoms with Crippen LogP contribution in [0.3, 0.4) is 0 Å². The average Bonchev–Trinajstić information content (AvgIpc) is 3.50. The molecule has 2 atom stereocenters. The van der Waals surface area contributed by atoms with Crippen LogP contribution < -0.4 is 4.90 Å². The monoisotopic (exact) mass is 509 g/mol. The molecule has 1 aromatic carbocycles. The maximum Gasteiger partial charge on any atom is 0.311 e. The molecular formula is C28H36FN5O3. The van der Waals surface area contributed by atoms with Crippen LogP contribution in [-0.4, -0.2) is 62.2 Å². The normalized spacial score (nSPS) is 18.4. The minimum absolute atomic E-state index is 0.104. The summed E-state index contributed by atoms with van der Waals surface area (Å²) in [5.74, 6) is -1.38. The van der Waals surface area contributed by atoms with Gasteiger partial charge in [-0.05, 0) is 63.8 Å². The van der Waals surface area contributed by atoms with Crippen LogP contribution >= 0.6 is 0 Å². The number of aryl methyl sites for hydroxylation is 1. The third-order valence-corrected chi connectivity index (χ3v) is 7.51. The molecule has 0 saturated carbocycles. The Morgan fingerprint density at radius 1 is 1.22 bits per heavy atom. The summed E-state index contributed by atoms with van der Waals surface area (Å²) in [5.41, 5.74) is 2.26. The molecule has 1 N–H and O–H groups in total. The van der Waals surface area contributed by atoms with E-state index in [0.717, 1.165) is 18.5 Å². The van der Waals surface area contributed by atoms with E-state index in [1.165, 1.54) is 6.07 Å².